The Balaban J connectivity index is 0.000000678. The number of amides is 4. The third-order valence-electron chi connectivity index (χ3n) is 12.1. The second-order valence-electron chi connectivity index (χ2n) is 20.1. The van der Waals surface area contributed by atoms with Crippen molar-refractivity contribution in [1.82, 2.24) is 31.5 Å². The molecule has 6 atom stereocenters. The Kier molecular flexibility index (Phi) is 26.4. The molecule has 2 aliphatic rings. The quantitative estimate of drug-likeness (QED) is 0.0348. The van der Waals surface area contributed by atoms with Crippen LogP contribution in [-0.4, -0.2) is 110 Å². The van der Waals surface area contributed by atoms with E-state index in [4.69, 9.17) is 44.6 Å². The van der Waals surface area contributed by atoms with E-state index >= 15 is 0 Å². The Morgan fingerprint density at radius 1 is 0.687 bits per heavy atom. The van der Waals surface area contributed by atoms with E-state index in [1.54, 1.807) is 13.8 Å². The number of hydrogen-bond donors (Lipinski definition) is 5. The lowest BCUT2D eigenvalue weighted by Crippen LogP contribution is -2.59. The molecular weight excluding hydrogens is 927 g/mol. The van der Waals surface area contributed by atoms with Crippen molar-refractivity contribution in [1.29, 1.82) is 0 Å². The molecule has 4 amide bonds. The van der Waals surface area contributed by atoms with Gasteiger partial charge < -0.3 is 20.5 Å². The molecule has 2 aliphatic heterocycles. The van der Waals surface area contributed by atoms with Crippen LogP contribution in [0, 0.1) is 34.5 Å². The summed E-state index contributed by atoms with van der Waals surface area (Å²) in [7, 11) is 0. The van der Waals surface area contributed by atoms with Gasteiger partial charge in [-0.25, -0.2) is 10.9 Å². The molecule has 0 unspecified atom stereocenters. The van der Waals surface area contributed by atoms with Gasteiger partial charge in [0.25, 0.3) is 11.8 Å². The van der Waals surface area contributed by atoms with Gasteiger partial charge in [0.05, 0.1) is 0 Å². The van der Waals surface area contributed by atoms with Crippen molar-refractivity contribution < 1.29 is 48.2 Å². The van der Waals surface area contributed by atoms with Crippen molar-refractivity contribution >= 4 is 81.9 Å². The van der Waals surface area contributed by atoms with E-state index in [9.17, 15) is 38.4 Å². The van der Waals surface area contributed by atoms with Gasteiger partial charge in [0, 0.05) is 50.6 Å². The van der Waals surface area contributed by atoms with Crippen molar-refractivity contribution in [3.63, 3.8) is 0 Å². The summed E-state index contributed by atoms with van der Waals surface area (Å²) in [6.07, 6.45) is 9.83. The summed E-state index contributed by atoms with van der Waals surface area (Å²) in [5.74, 6) is -4.27. The van der Waals surface area contributed by atoms with Gasteiger partial charge in [0.2, 0.25) is 15.6 Å². The number of carboxylic acid groups (broad SMARTS) is 1. The SMILES string of the molecule is C=CCC(C)(C)CCC(=O)C[C@H](C(=O)N[C@@H](C)C(=O)N1CCC[C@@H](C(=O)O)N1)C(C)C.C=CCC(C)(C)CCC(=O)C[C@H](C(=O)N[C@@H](C)C(=O)N1CCC[C@@H](C(=O)OCC(Cl)(Cl)Cl)N1)C(C)C. The monoisotopic (exact) mass is 1000 g/mol. The zero-order valence-electron chi connectivity index (χ0n) is 41.4. The largest absolute Gasteiger partial charge is 0.480 e. The minimum atomic E-state index is -1.73. The number of esters is 1. The second-order valence-corrected chi connectivity index (χ2v) is 22.7. The van der Waals surface area contributed by atoms with E-state index in [0.29, 0.717) is 58.0 Å². The number of Topliss-reactive ketones (excluding diaryl/α,β-unsaturated/α-hetero) is 2. The third kappa shape index (κ3) is 23.5. The zero-order chi connectivity index (χ0) is 51.4. The summed E-state index contributed by atoms with van der Waals surface area (Å²) in [4.78, 5) is 100. The van der Waals surface area contributed by atoms with Crippen molar-refractivity contribution in [2.24, 2.45) is 34.5 Å². The first-order chi connectivity index (χ1) is 30.9. The first-order valence-electron chi connectivity index (χ1n) is 23.4. The number of aliphatic carboxylic acids is 1. The number of ether oxygens (including phenoxy) is 1. The second kappa shape index (κ2) is 28.8. The number of carboxylic acids is 1. The van der Waals surface area contributed by atoms with Crippen LogP contribution in [0.5, 0.6) is 0 Å². The van der Waals surface area contributed by atoms with Gasteiger partial charge in [-0.15, -0.1) is 13.2 Å². The van der Waals surface area contributed by atoms with Crippen LogP contribution in [0.3, 0.4) is 0 Å². The molecule has 0 aromatic carbocycles. The molecule has 2 rings (SSSR count). The highest BCUT2D eigenvalue weighted by atomic mass is 35.6. The average Bonchev–Trinajstić information content (AvgIpc) is 3.24. The molecule has 0 saturated carbocycles. The highest BCUT2D eigenvalue weighted by molar-refractivity contribution is 6.67. The number of nitrogens with zero attached hydrogens (tertiary/aromatic N) is 2. The minimum absolute atomic E-state index is 0.0107. The Morgan fingerprint density at radius 2 is 1.06 bits per heavy atom. The van der Waals surface area contributed by atoms with Gasteiger partial charge in [0.15, 0.2) is 0 Å². The molecule has 2 saturated heterocycles. The number of nitrogens with one attached hydrogen (secondary N) is 4. The molecule has 19 heteroatoms. The number of hydrazine groups is 2. The van der Waals surface area contributed by atoms with Crippen LogP contribution in [0.25, 0.3) is 0 Å². The molecular formula is C48H79Cl3N6O10. The number of allylic oxidation sites excluding steroid dienone is 2. The number of carbonyl (C=O) groups excluding carboxylic acids is 7. The fraction of sp³-hybridized carbons (Fsp3) is 0.750. The maximum absolute atomic E-state index is 13.0. The lowest BCUT2D eigenvalue weighted by Gasteiger charge is -2.34. The van der Waals surface area contributed by atoms with Crippen LogP contribution in [0.2, 0.25) is 0 Å². The first kappa shape index (κ1) is 61.4. The predicted octanol–water partition coefficient (Wildman–Crippen LogP) is 7.20. The van der Waals surface area contributed by atoms with Gasteiger partial charge >= 0.3 is 11.9 Å². The summed E-state index contributed by atoms with van der Waals surface area (Å²) in [5.41, 5.74) is 5.50. The number of rotatable bonds is 25. The maximum Gasteiger partial charge on any atom is 0.325 e. The first-order valence-corrected chi connectivity index (χ1v) is 24.5. The van der Waals surface area contributed by atoms with E-state index in [-0.39, 0.29) is 64.8 Å². The zero-order valence-corrected chi connectivity index (χ0v) is 43.7. The van der Waals surface area contributed by atoms with Gasteiger partial charge in [-0.3, -0.25) is 48.4 Å². The minimum Gasteiger partial charge on any atom is -0.480 e. The van der Waals surface area contributed by atoms with Crippen LogP contribution < -0.4 is 21.5 Å². The molecule has 0 radical (unpaired) electrons. The fourth-order valence-corrected chi connectivity index (χ4v) is 7.79. The van der Waals surface area contributed by atoms with E-state index in [1.807, 2.05) is 39.8 Å². The van der Waals surface area contributed by atoms with E-state index in [0.717, 1.165) is 19.3 Å². The molecule has 0 bridgehead atoms. The molecule has 0 aliphatic carbocycles. The topological polar surface area (TPSA) is 221 Å². The van der Waals surface area contributed by atoms with Gasteiger partial charge in [0.1, 0.15) is 42.3 Å². The van der Waals surface area contributed by atoms with Crippen molar-refractivity contribution in [2.75, 3.05) is 19.7 Å². The summed E-state index contributed by atoms with van der Waals surface area (Å²) >= 11 is 16.9. The number of ketones is 2. The summed E-state index contributed by atoms with van der Waals surface area (Å²) in [5, 5.41) is 17.2. The molecule has 2 heterocycles. The Hall–Kier alpha value is -3.57. The number of hydrogen-bond acceptors (Lipinski definition) is 11. The third-order valence-corrected chi connectivity index (χ3v) is 12.4. The smallest absolute Gasteiger partial charge is 0.325 e. The molecule has 67 heavy (non-hydrogen) atoms. The van der Waals surface area contributed by atoms with E-state index in [2.05, 4.69) is 62.3 Å². The molecule has 2 fully saturated rings. The number of carbonyl (C=O) groups is 8. The molecule has 0 aromatic rings. The highest BCUT2D eigenvalue weighted by Crippen LogP contribution is 2.30. The van der Waals surface area contributed by atoms with Crippen molar-refractivity contribution in [2.45, 2.75) is 174 Å². The van der Waals surface area contributed by atoms with Crippen molar-refractivity contribution in [3.8, 4) is 0 Å². The molecule has 382 valence electrons. The summed E-state index contributed by atoms with van der Waals surface area (Å²) in [6, 6.07) is -3.27. The lowest BCUT2D eigenvalue weighted by atomic mass is 9.82. The van der Waals surface area contributed by atoms with E-state index in [1.165, 1.54) is 10.0 Å². The van der Waals surface area contributed by atoms with Crippen LogP contribution in [0.15, 0.2) is 25.3 Å². The molecule has 0 aromatic heterocycles. The van der Waals surface area contributed by atoms with Crippen molar-refractivity contribution in [3.05, 3.63) is 25.3 Å². The number of alkyl halides is 3. The standard InChI is InChI=1S/C25H40Cl3N3O5.C23H39N3O5/c1-7-11-24(5,6)12-10-18(32)14-19(16(2)3)21(33)29-17(4)22(34)31-13-8-9-20(30-31)23(35)36-15-25(26,27)28;1-7-11-23(5,6)12-10-17(27)14-18(15(2)3)20(28)24-16(4)21(29)26-13-8-9-19(25-26)22(30)31/h7,16-17,19-20,30H,1,8-15H2,2-6H3,(H,29,33);7,15-16,18-19,25H,1,8-14H2,2-6H3,(H,24,28)(H,30,31)/t17-,19-,20-;16-,18-,19-/m00/s1. The van der Waals surface area contributed by atoms with Crippen LogP contribution in [-0.2, 0) is 43.1 Å². The van der Waals surface area contributed by atoms with Gasteiger partial charge in [-0.2, -0.15) is 0 Å². The van der Waals surface area contributed by atoms with Crippen LogP contribution >= 0.6 is 34.8 Å². The van der Waals surface area contributed by atoms with Crippen LogP contribution in [0.1, 0.15) is 146 Å². The highest BCUT2D eigenvalue weighted by Gasteiger charge is 2.36. The summed E-state index contributed by atoms with van der Waals surface area (Å²) in [6.45, 7) is 26.9. The Labute approximate surface area is 413 Å². The molecule has 0 spiro atoms. The Bertz CT molecular complexity index is 1720. The van der Waals surface area contributed by atoms with E-state index < -0.39 is 64.2 Å². The maximum atomic E-state index is 13.0. The Morgan fingerprint density at radius 3 is 1.40 bits per heavy atom. The lowest BCUT2D eigenvalue weighted by molar-refractivity contribution is -0.153. The van der Waals surface area contributed by atoms with Crippen LogP contribution in [0.4, 0.5) is 0 Å². The molecule has 5 N–H and O–H groups in total. The van der Waals surface area contributed by atoms with Gasteiger partial charge in [-0.1, -0.05) is 102 Å². The summed E-state index contributed by atoms with van der Waals surface area (Å²) < 4.78 is 3.28. The number of halogens is 3. The predicted molar refractivity (Wildman–Crippen MR) is 261 cm³/mol. The van der Waals surface area contributed by atoms with Gasteiger partial charge in [-0.05, 0) is 87.9 Å². The fourth-order valence-electron chi connectivity index (χ4n) is 7.62. The average molecular weight is 1010 g/mol. The normalized spacial score (nSPS) is 18.6. The molecule has 16 nitrogen and oxygen atoms in total.